The average Bonchev–Trinajstić information content (AvgIpc) is 3.27. The molecular weight excluding hydrogens is 304 g/mol. The highest BCUT2D eigenvalue weighted by molar-refractivity contribution is 7.98. The molecule has 2 N–H and O–H groups in total. The van der Waals surface area contributed by atoms with Gasteiger partial charge in [0.2, 0.25) is 10.0 Å². The predicted molar refractivity (Wildman–Crippen MR) is 89.9 cm³/mol. The first-order valence-electron chi connectivity index (χ1n) is 7.36. The maximum Gasteiger partial charge on any atom is 0.215 e. The minimum Gasteiger partial charge on any atom is -0.310 e. The minimum absolute atomic E-state index is 0.0581. The standard InChI is InChI=1S/C15H24N2O2S2/c1-20-10-2-9-17-21(18,19)12-14-5-3-13(4-6-14)11-16-15-7-8-15/h3-6,15-17H,2,7-12H2,1H3. The van der Waals surface area contributed by atoms with Gasteiger partial charge in [0.25, 0.3) is 0 Å². The van der Waals surface area contributed by atoms with E-state index in [-0.39, 0.29) is 5.75 Å². The SMILES string of the molecule is CSCCCNS(=O)(=O)Cc1ccc(CNC2CC2)cc1. The Kier molecular flexibility index (Phi) is 6.54. The molecule has 1 aromatic carbocycles. The summed E-state index contributed by atoms with van der Waals surface area (Å²) in [5, 5.41) is 3.45. The Balaban J connectivity index is 1.77. The molecule has 0 bridgehead atoms. The zero-order valence-electron chi connectivity index (χ0n) is 12.5. The van der Waals surface area contributed by atoms with Crippen molar-refractivity contribution >= 4 is 21.8 Å². The highest BCUT2D eigenvalue weighted by Gasteiger charge is 2.19. The van der Waals surface area contributed by atoms with Gasteiger partial charge < -0.3 is 5.32 Å². The Bertz CT molecular complexity index is 525. The Morgan fingerprint density at radius 2 is 1.86 bits per heavy atom. The van der Waals surface area contributed by atoms with E-state index in [0.29, 0.717) is 12.6 Å². The predicted octanol–water partition coefficient (Wildman–Crippen LogP) is 2.11. The molecule has 0 heterocycles. The topological polar surface area (TPSA) is 58.2 Å². The van der Waals surface area contributed by atoms with Crippen LogP contribution in [0.1, 0.15) is 30.4 Å². The molecule has 0 saturated heterocycles. The van der Waals surface area contributed by atoms with E-state index in [9.17, 15) is 8.42 Å². The van der Waals surface area contributed by atoms with Crippen molar-refractivity contribution in [2.75, 3.05) is 18.6 Å². The van der Waals surface area contributed by atoms with E-state index in [1.54, 1.807) is 11.8 Å². The van der Waals surface area contributed by atoms with Crippen LogP contribution in [0.4, 0.5) is 0 Å². The molecule has 0 atom stereocenters. The first-order chi connectivity index (χ1) is 10.1. The first kappa shape index (κ1) is 16.8. The van der Waals surface area contributed by atoms with Crippen LogP contribution in [0.15, 0.2) is 24.3 Å². The van der Waals surface area contributed by atoms with E-state index in [2.05, 4.69) is 10.0 Å². The van der Waals surface area contributed by atoms with E-state index in [0.717, 1.165) is 24.3 Å². The lowest BCUT2D eigenvalue weighted by molar-refractivity contribution is 0.580. The van der Waals surface area contributed by atoms with E-state index in [1.807, 2.05) is 30.5 Å². The summed E-state index contributed by atoms with van der Waals surface area (Å²) in [5.41, 5.74) is 2.04. The number of sulfonamides is 1. The third kappa shape index (κ3) is 6.82. The summed E-state index contributed by atoms with van der Waals surface area (Å²) in [6, 6.07) is 8.52. The largest absolute Gasteiger partial charge is 0.310 e. The fourth-order valence-corrected chi connectivity index (χ4v) is 3.64. The molecule has 0 radical (unpaired) electrons. The van der Waals surface area contributed by atoms with Crippen molar-refractivity contribution in [3.63, 3.8) is 0 Å². The van der Waals surface area contributed by atoms with Crippen LogP contribution in [0.2, 0.25) is 0 Å². The van der Waals surface area contributed by atoms with Crippen molar-refractivity contribution in [1.29, 1.82) is 0 Å². The van der Waals surface area contributed by atoms with Gasteiger partial charge in [0.1, 0.15) is 0 Å². The van der Waals surface area contributed by atoms with Gasteiger partial charge in [0.05, 0.1) is 5.75 Å². The highest BCUT2D eigenvalue weighted by Crippen LogP contribution is 2.19. The number of nitrogens with one attached hydrogen (secondary N) is 2. The molecule has 21 heavy (non-hydrogen) atoms. The molecule has 0 aliphatic heterocycles. The molecule has 0 unspecified atom stereocenters. The zero-order valence-corrected chi connectivity index (χ0v) is 14.1. The van der Waals surface area contributed by atoms with Crippen LogP contribution < -0.4 is 10.0 Å². The summed E-state index contributed by atoms with van der Waals surface area (Å²) in [6.07, 6.45) is 5.44. The lowest BCUT2D eigenvalue weighted by Crippen LogP contribution is -2.26. The van der Waals surface area contributed by atoms with Crippen molar-refractivity contribution < 1.29 is 8.42 Å². The number of rotatable bonds is 10. The molecular formula is C15H24N2O2S2. The maximum atomic E-state index is 11.9. The summed E-state index contributed by atoms with van der Waals surface area (Å²) in [6.45, 7) is 1.39. The summed E-state index contributed by atoms with van der Waals surface area (Å²) in [7, 11) is -3.22. The third-order valence-electron chi connectivity index (χ3n) is 3.40. The summed E-state index contributed by atoms with van der Waals surface area (Å²) in [4.78, 5) is 0. The minimum atomic E-state index is -3.22. The summed E-state index contributed by atoms with van der Waals surface area (Å²) < 4.78 is 26.5. The lowest BCUT2D eigenvalue weighted by atomic mass is 10.1. The number of hydrogen-bond donors (Lipinski definition) is 2. The smallest absolute Gasteiger partial charge is 0.215 e. The van der Waals surface area contributed by atoms with Gasteiger partial charge in [0, 0.05) is 19.1 Å². The molecule has 0 amide bonds. The Labute approximate surface area is 132 Å². The maximum absolute atomic E-state index is 11.9. The van der Waals surface area contributed by atoms with Gasteiger partial charge in [-0.2, -0.15) is 11.8 Å². The van der Waals surface area contributed by atoms with Crippen molar-refractivity contribution in [1.82, 2.24) is 10.0 Å². The second kappa shape index (κ2) is 8.17. The Hall–Kier alpha value is -0.560. The van der Waals surface area contributed by atoms with Gasteiger partial charge in [-0.05, 0) is 42.4 Å². The van der Waals surface area contributed by atoms with E-state index < -0.39 is 10.0 Å². The van der Waals surface area contributed by atoms with Gasteiger partial charge in [-0.25, -0.2) is 13.1 Å². The molecule has 1 aliphatic rings. The molecule has 0 spiro atoms. The molecule has 118 valence electrons. The molecule has 2 rings (SSSR count). The normalized spacial score (nSPS) is 15.3. The second-order valence-corrected chi connectivity index (χ2v) is 8.26. The first-order valence-corrected chi connectivity index (χ1v) is 10.4. The molecule has 1 aromatic rings. The summed E-state index contributed by atoms with van der Waals surface area (Å²) >= 11 is 1.73. The molecule has 6 heteroatoms. The molecule has 1 aliphatic carbocycles. The molecule has 1 fully saturated rings. The van der Waals surface area contributed by atoms with Crippen molar-refractivity contribution in [2.45, 2.75) is 37.6 Å². The monoisotopic (exact) mass is 328 g/mol. The fourth-order valence-electron chi connectivity index (χ4n) is 2.02. The van der Waals surface area contributed by atoms with Crippen molar-refractivity contribution in [3.8, 4) is 0 Å². The highest BCUT2D eigenvalue weighted by atomic mass is 32.2. The lowest BCUT2D eigenvalue weighted by Gasteiger charge is -2.08. The van der Waals surface area contributed by atoms with Gasteiger partial charge in [-0.15, -0.1) is 0 Å². The number of thioether (sulfide) groups is 1. The van der Waals surface area contributed by atoms with Crippen LogP contribution >= 0.6 is 11.8 Å². The van der Waals surface area contributed by atoms with E-state index in [4.69, 9.17) is 0 Å². The van der Waals surface area contributed by atoms with Crippen LogP contribution in [-0.2, 0) is 22.3 Å². The second-order valence-electron chi connectivity index (χ2n) is 5.47. The van der Waals surface area contributed by atoms with Gasteiger partial charge in [-0.1, -0.05) is 24.3 Å². The van der Waals surface area contributed by atoms with Crippen LogP contribution in [0.25, 0.3) is 0 Å². The third-order valence-corrected chi connectivity index (χ3v) is 5.45. The van der Waals surface area contributed by atoms with E-state index in [1.165, 1.54) is 18.4 Å². The Morgan fingerprint density at radius 1 is 1.19 bits per heavy atom. The van der Waals surface area contributed by atoms with Crippen molar-refractivity contribution in [2.24, 2.45) is 0 Å². The van der Waals surface area contributed by atoms with E-state index >= 15 is 0 Å². The Morgan fingerprint density at radius 3 is 2.48 bits per heavy atom. The molecule has 0 aromatic heterocycles. The van der Waals surface area contributed by atoms with Crippen LogP contribution in [-0.4, -0.2) is 33.0 Å². The fraction of sp³-hybridized carbons (Fsp3) is 0.600. The zero-order chi connectivity index (χ0) is 15.1. The van der Waals surface area contributed by atoms with Crippen molar-refractivity contribution in [3.05, 3.63) is 35.4 Å². The average molecular weight is 329 g/mol. The number of benzene rings is 1. The summed E-state index contributed by atoms with van der Waals surface area (Å²) in [5.74, 6) is 1.04. The van der Waals surface area contributed by atoms with Gasteiger partial charge >= 0.3 is 0 Å². The van der Waals surface area contributed by atoms with Gasteiger partial charge in [0.15, 0.2) is 0 Å². The van der Waals surface area contributed by atoms with Crippen LogP contribution in [0, 0.1) is 0 Å². The quantitative estimate of drug-likeness (QED) is 0.646. The molecule has 4 nitrogen and oxygen atoms in total. The molecule has 1 saturated carbocycles. The number of hydrogen-bond acceptors (Lipinski definition) is 4. The van der Waals surface area contributed by atoms with Crippen LogP contribution in [0.3, 0.4) is 0 Å². The van der Waals surface area contributed by atoms with Gasteiger partial charge in [-0.3, -0.25) is 0 Å². The van der Waals surface area contributed by atoms with Crippen LogP contribution in [0.5, 0.6) is 0 Å².